The van der Waals surface area contributed by atoms with E-state index in [0.29, 0.717) is 11.8 Å². The van der Waals surface area contributed by atoms with Gasteiger partial charge in [0.1, 0.15) is 17.4 Å². The fourth-order valence-corrected chi connectivity index (χ4v) is 6.19. The Balaban J connectivity index is 1.40. The van der Waals surface area contributed by atoms with Crippen LogP contribution in [0, 0.1) is 11.8 Å². The molecule has 2 aliphatic carbocycles. The number of hydrogen-bond donors (Lipinski definition) is 0. The predicted molar refractivity (Wildman–Crippen MR) is 118 cm³/mol. The van der Waals surface area contributed by atoms with E-state index in [9.17, 15) is 0 Å². The zero-order valence-electron chi connectivity index (χ0n) is 16.1. The van der Waals surface area contributed by atoms with Crippen LogP contribution in [-0.4, -0.2) is 12.8 Å². The van der Waals surface area contributed by atoms with Crippen LogP contribution in [0.5, 0.6) is 5.75 Å². The minimum absolute atomic E-state index is 0.116. The van der Waals surface area contributed by atoms with Gasteiger partial charge in [-0.3, -0.25) is 0 Å². The number of fused-ring (bicyclic) bond motifs is 10. The van der Waals surface area contributed by atoms with Crippen LogP contribution in [0.4, 0.5) is 0 Å². The van der Waals surface area contributed by atoms with E-state index in [1.807, 2.05) is 12.1 Å². The first-order chi connectivity index (χ1) is 14.9. The summed E-state index contributed by atoms with van der Waals surface area (Å²) in [5.74, 6) is 2.80. The van der Waals surface area contributed by atoms with Gasteiger partial charge in [0, 0.05) is 28.4 Å². The fourth-order valence-electron chi connectivity index (χ4n) is 6.19. The molecule has 142 valence electrons. The molecule has 30 heavy (non-hydrogen) atoms. The van der Waals surface area contributed by atoms with Crippen LogP contribution in [0.2, 0.25) is 5.82 Å². The molecule has 1 aromatic heterocycles. The number of furan rings is 1. The van der Waals surface area contributed by atoms with Crippen LogP contribution in [-0.2, 0) is 4.74 Å². The minimum atomic E-state index is 0.116. The number of ether oxygens (including phenoxy) is 2. The van der Waals surface area contributed by atoms with Crippen molar-refractivity contribution in [1.82, 2.24) is 0 Å². The molecule has 3 aromatic rings. The maximum atomic E-state index is 6.59. The van der Waals surface area contributed by atoms with Crippen LogP contribution < -0.4 is 10.2 Å². The fraction of sp³-hybridized carbons (Fsp3) is 0.154. The summed E-state index contributed by atoms with van der Waals surface area (Å²) >= 11 is 0. The molecule has 4 unspecified atom stereocenters. The summed E-state index contributed by atoms with van der Waals surface area (Å²) in [5, 5.41) is 2.23. The van der Waals surface area contributed by atoms with Crippen molar-refractivity contribution in [2.45, 2.75) is 11.9 Å². The van der Waals surface area contributed by atoms with Crippen molar-refractivity contribution in [3.63, 3.8) is 0 Å². The van der Waals surface area contributed by atoms with Gasteiger partial charge in [-0.05, 0) is 29.3 Å². The normalized spacial score (nSPS) is 29.5. The van der Waals surface area contributed by atoms with Gasteiger partial charge in [0.05, 0.1) is 5.66 Å². The third-order valence-corrected chi connectivity index (χ3v) is 7.37. The van der Waals surface area contributed by atoms with Crippen molar-refractivity contribution in [1.29, 1.82) is 0 Å². The Labute approximate surface area is 173 Å². The van der Waals surface area contributed by atoms with E-state index >= 15 is 0 Å². The Morgan fingerprint density at radius 3 is 2.73 bits per heavy atom. The molecule has 0 radical (unpaired) electrons. The Hall–Kier alpha value is -3.40. The molecule has 0 spiro atoms. The van der Waals surface area contributed by atoms with E-state index < -0.39 is 0 Å². The van der Waals surface area contributed by atoms with Crippen molar-refractivity contribution in [3.05, 3.63) is 95.9 Å². The van der Waals surface area contributed by atoms with Crippen LogP contribution in [0.1, 0.15) is 0 Å². The highest BCUT2D eigenvalue weighted by atomic mass is 16.5. The second-order valence-electron chi connectivity index (χ2n) is 8.74. The Kier molecular flexibility index (Phi) is 2.68. The molecular weight excluding hydrogens is 371 g/mol. The van der Waals surface area contributed by atoms with E-state index in [1.165, 1.54) is 11.0 Å². The topological polar surface area (TPSA) is 31.6 Å². The number of benzene rings is 2. The van der Waals surface area contributed by atoms with Crippen LogP contribution in [0.25, 0.3) is 21.9 Å². The van der Waals surface area contributed by atoms with Crippen molar-refractivity contribution in [2.24, 2.45) is 11.8 Å². The molecule has 0 fully saturated rings. The van der Waals surface area contributed by atoms with Crippen LogP contribution in [0.3, 0.4) is 0 Å². The average molecular weight is 388 g/mol. The SMILES string of the molecule is C1=CC2OC3=C(C2C=C1)C1C=CC=C2Oc4c(ccc5c4oc4ccccc45)B3C21. The largest absolute Gasteiger partial charge is 0.499 e. The van der Waals surface area contributed by atoms with Gasteiger partial charge in [-0.1, -0.05) is 60.7 Å². The van der Waals surface area contributed by atoms with E-state index in [1.54, 1.807) is 0 Å². The van der Waals surface area contributed by atoms with E-state index in [-0.39, 0.29) is 18.6 Å². The molecule has 3 aliphatic heterocycles. The summed E-state index contributed by atoms with van der Waals surface area (Å²) in [6.45, 7) is 0.176. The van der Waals surface area contributed by atoms with Gasteiger partial charge in [-0.25, -0.2) is 0 Å². The highest BCUT2D eigenvalue weighted by molar-refractivity contribution is 6.83. The first-order valence-corrected chi connectivity index (χ1v) is 10.6. The lowest BCUT2D eigenvalue weighted by Gasteiger charge is -2.36. The molecule has 4 heteroatoms. The molecule has 0 saturated carbocycles. The maximum Gasteiger partial charge on any atom is 0.271 e. The lowest BCUT2D eigenvalue weighted by Crippen LogP contribution is -2.44. The highest BCUT2D eigenvalue weighted by Crippen LogP contribution is 2.57. The van der Waals surface area contributed by atoms with Gasteiger partial charge in [0.15, 0.2) is 11.3 Å². The third-order valence-electron chi connectivity index (χ3n) is 7.37. The number of hydrogen-bond acceptors (Lipinski definition) is 3. The number of para-hydroxylation sites is 1. The molecule has 4 atom stereocenters. The highest BCUT2D eigenvalue weighted by Gasteiger charge is 2.58. The molecule has 2 aromatic carbocycles. The summed E-state index contributed by atoms with van der Waals surface area (Å²) < 4.78 is 19.4. The number of allylic oxidation sites excluding steroid dienone is 6. The van der Waals surface area contributed by atoms with Crippen LogP contribution in [0.15, 0.2) is 100 Å². The van der Waals surface area contributed by atoms with E-state index in [2.05, 4.69) is 66.8 Å². The molecule has 5 aliphatic rings. The molecule has 3 nitrogen and oxygen atoms in total. The molecular formula is C26H17BO3. The van der Waals surface area contributed by atoms with Gasteiger partial charge in [0.25, 0.3) is 6.71 Å². The van der Waals surface area contributed by atoms with Gasteiger partial charge in [-0.2, -0.15) is 0 Å². The Morgan fingerprint density at radius 1 is 0.833 bits per heavy atom. The molecule has 8 rings (SSSR count). The Morgan fingerprint density at radius 2 is 1.73 bits per heavy atom. The van der Waals surface area contributed by atoms with Gasteiger partial charge < -0.3 is 13.9 Å². The zero-order chi connectivity index (χ0) is 19.4. The molecule has 0 bridgehead atoms. The second-order valence-corrected chi connectivity index (χ2v) is 8.74. The summed E-state index contributed by atoms with van der Waals surface area (Å²) in [7, 11) is 0. The molecule has 0 saturated heterocycles. The quantitative estimate of drug-likeness (QED) is 0.504. The minimum Gasteiger partial charge on any atom is -0.499 e. The standard InChI is InChI=1S/C26H17BO3/c1-3-9-19-14(6-1)15-12-13-18-25(24(15)28-19)29-21-11-5-8-17-22-16-7-2-4-10-20(16)30-26(22)27(18)23(17)21/h1-13,16-17,20,23H. The van der Waals surface area contributed by atoms with Crippen molar-refractivity contribution < 1.29 is 13.9 Å². The first-order valence-electron chi connectivity index (χ1n) is 10.6. The second kappa shape index (κ2) is 5.20. The third kappa shape index (κ3) is 1.71. The van der Waals surface area contributed by atoms with E-state index in [0.717, 1.165) is 39.1 Å². The Bertz CT molecular complexity index is 1430. The molecule has 4 heterocycles. The summed E-state index contributed by atoms with van der Waals surface area (Å²) in [5.41, 5.74) is 5.49. The van der Waals surface area contributed by atoms with Crippen molar-refractivity contribution >= 4 is 34.1 Å². The molecule has 0 amide bonds. The monoisotopic (exact) mass is 388 g/mol. The smallest absolute Gasteiger partial charge is 0.271 e. The summed E-state index contributed by atoms with van der Waals surface area (Å²) in [4.78, 5) is 0. The van der Waals surface area contributed by atoms with Gasteiger partial charge >= 0.3 is 0 Å². The zero-order valence-corrected chi connectivity index (χ0v) is 16.1. The summed E-state index contributed by atoms with van der Waals surface area (Å²) in [6.07, 6.45) is 15.4. The van der Waals surface area contributed by atoms with Gasteiger partial charge in [-0.15, -0.1) is 0 Å². The predicted octanol–water partition coefficient (Wildman–Crippen LogP) is 5.07. The van der Waals surface area contributed by atoms with Crippen LogP contribution >= 0.6 is 0 Å². The van der Waals surface area contributed by atoms with Crippen molar-refractivity contribution in [2.75, 3.05) is 0 Å². The first kappa shape index (κ1) is 15.4. The van der Waals surface area contributed by atoms with Crippen molar-refractivity contribution in [3.8, 4) is 5.75 Å². The lowest BCUT2D eigenvalue weighted by atomic mass is 9.35. The van der Waals surface area contributed by atoms with Gasteiger partial charge in [0.2, 0.25) is 0 Å². The number of rotatable bonds is 0. The maximum absolute atomic E-state index is 6.59. The average Bonchev–Trinajstić information content (AvgIpc) is 3.44. The van der Waals surface area contributed by atoms with E-state index in [4.69, 9.17) is 13.9 Å². The summed E-state index contributed by atoms with van der Waals surface area (Å²) in [6, 6.07) is 12.6. The lowest BCUT2D eigenvalue weighted by molar-refractivity contribution is 0.177. The molecule has 0 N–H and O–H groups in total.